The zero-order valence-corrected chi connectivity index (χ0v) is 18.7. The molecular formula is C26H26N4O3. The van der Waals surface area contributed by atoms with Crippen LogP contribution >= 0.6 is 0 Å². The van der Waals surface area contributed by atoms with Crippen LogP contribution in [0.2, 0.25) is 0 Å². The van der Waals surface area contributed by atoms with Gasteiger partial charge < -0.3 is 10.1 Å². The number of aryl methyl sites for hydroxylation is 1. The maximum atomic E-state index is 13.1. The van der Waals surface area contributed by atoms with Gasteiger partial charge in [0.2, 0.25) is 0 Å². The second-order valence-electron chi connectivity index (χ2n) is 7.69. The molecule has 4 aromatic rings. The van der Waals surface area contributed by atoms with Crippen molar-refractivity contribution in [3.05, 3.63) is 84.1 Å². The number of ether oxygens (including phenoxy) is 1. The monoisotopic (exact) mass is 442 g/mol. The van der Waals surface area contributed by atoms with Gasteiger partial charge in [-0.2, -0.15) is 5.10 Å². The minimum Gasteiger partial charge on any atom is -0.449 e. The number of rotatable bonds is 8. The third-order valence-electron chi connectivity index (χ3n) is 5.41. The second-order valence-corrected chi connectivity index (χ2v) is 7.69. The van der Waals surface area contributed by atoms with Gasteiger partial charge in [-0.25, -0.2) is 14.5 Å². The fraction of sp³-hybridized carbons (Fsp3) is 0.231. The van der Waals surface area contributed by atoms with Crippen molar-refractivity contribution in [3.63, 3.8) is 0 Å². The van der Waals surface area contributed by atoms with Crippen molar-refractivity contribution in [1.82, 2.24) is 20.1 Å². The first kappa shape index (κ1) is 22.2. The van der Waals surface area contributed by atoms with E-state index in [1.165, 1.54) is 0 Å². The molecule has 0 fully saturated rings. The first-order chi connectivity index (χ1) is 16.1. The number of carbonyl (C=O) groups excluding carboxylic acids is 2. The molecule has 7 heteroatoms. The highest BCUT2D eigenvalue weighted by atomic mass is 16.5. The van der Waals surface area contributed by atoms with Crippen molar-refractivity contribution >= 4 is 22.9 Å². The molecule has 2 aromatic carbocycles. The number of nitrogens with zero attached hydrogens (tertiary/aromatic N) is 3. The molecule has 1 amide bonds. The van der Waals surface area contributed by atoms with Crippen LogP contribution in [0, 0.1) is 0 Å². The number of hydrogen-bond donors (Lipinski definition) is 1. The van der Waals surface area contributed by atoms with E-state index in [2.05, 4.69) is 10.4 Å². The minimum absolute atomic E-state index is 0.336. The first-order valence-corrected chi connectivity index (χ1v) is 11.0. The van der Waals surface area contributed by atoms with Gasteiger partial charge in [-0.05, 0) is 31.9 Å². The Hall–Kier alpha value is -4.00. The summed E-state index contributed by atoms with van der Waals surface area (Å²) >= 11 is 0. The van der Waals surface area contributed by atoms with E-state index in [0.717, 1.165) is 11.1 Å². The molecule has 7 nitrogen and oxygen atoms in total. The van der Waals surface area contributed by atoms with Gasteiger partial charge >= 0.3 is 5.97 Å². The summed E-state index contributed by atoms with van der Waals surface area (Å²) in [5, 5.41) is 7.77. The fourth-order valence-electron chi connectivity index (χ4n) is 3.60. The number of fused-ring (bicyclic) bond motifs is 1. The van der Waals surface area contributed by atoms with E-state index >= 15 is 0 Å². The number of nitrogens with one attached hydrogen (secondary N) is 1. The van der Waals surface area contributed by atoms with Crippen LogP contribution in [0.15, 0.2) is 72.9 Å². The van der Waals surface area contributed by atoms with Crippen LogP contribution in [-0.2, 0) is 22.5 Å². The lowest BCUT2D eigenvalue weighted by molar-refractivity contribution is -0.129. The highest BCUT2D eigenvalue weighted by molar-refractivity contribution is 6.04. The molecule has 4 rings (SSSR count). The maximum absolute atomic E-state index is 13.1. The molecule has 0 aliphatic heterocycles. The number of amides is 1. The predicted molar refractivity (Wildman–Crippen MR) is 127 cm³/mol. The van der Waals surface area contributed by atoms with Crippen LogP contribution in [0.3, 0.4) is 0 Å². The molecule has 1 N–H and O–H groups in total. The van der Waals surface area contributed by atoms with Crippen molar-refractivity contribution in [1.29, 1.82) is 0 Å². The lowest BCUT2D eigenvalue weighted by Crippen LogP contribution is -2.37. The minimum atomic E-state index is -0.933. The van der Waals surface area contributed by atoms with E-state index < -0.39 is 12.1 Å². The number of aromatic nitrogens is 3. The summed E-state index contributed by atoms with van der Waals surface area (Å²) < 4.78 is 7.26. The van der Waals surface area contributed by atoms with E-state index in [1.807, 2.05) is 67.6 Å². The lowest BCUT2D eigenvalue weighted by atomic mass is 10.1. The topological polar surface area (TPSA) is 86.1 Å². The van der Waals surface area contributed by atoms with E-state index in [1.54, 1.807) is 23.9 Å². The predicted octanol–water partition coefficient (Wildman–Crippen LogP) is 4.02. The fourth-order valence-corrected chi connectivity index (χ4v) is 3.60. The first-order valence-electron chi connectivity index (χ1n) is 11.0. The highest BCUT2D eigenvalue weighted by Gasteiger charge is 2.23. The van der Waals surface area contributed by atoms with Crippen molar-refractivity contribution in [2.45, 2.75) is 32.9 Å². The van der Waals surface area contributed by atoms with Crippen molar-refractivity contribution < 1.29 is 14.3 Å². The molecule has 0 spiro atoms. The van der Waals surface area contributed by atoms with E-state index in [0.29, 0.717) is 41.8 Å². The molecule has 0 saturated carbocycles. The zero-order chi connectivity index (χ0) is 23.2. The standard InChI is InChI=1S/C26H26N4O3/c1-3-30-24-22(17-28-30)21(16-23(29-24)20-12-8-5-9-13-20)26(32)33-18(2)25(31)27-15-14-19-10-6-4-7-11-19/h4-13,16-18H,3,14-15H2,1-2H3,(H,27,31). The van der Waals surface area contributed by atoms with Crippen molar-refractivity contribution in [3.8, 4) is 11.3 Å². The number of carbonyl (C=O) groups is 2. The normalized spacial score (nSPS) is 11.8. The maximum Gasteiger partial charge on any atom is 0.339 e. The summed E-state index contributed by atoms with van der Waals surface area (Å²) in [7, 11) is 0. The number of pyridine rings is 1. The lowest BCUT2D eigenvalue weighted by Gasteiger charge is -2.14. The highest BCUT2D eigenvalue weighted by Crippen LogP contribution is 2.25. The Labute approximate surface area is 192 Å². The van der Waals surface area contributed by atoms with E-state index in [4.69, 9.17) is 9.72 Å². The molecule has 0 bridgehead atoms. The summed E-state index contributed by atoms with van der Waals surface area (Å²) in [5.74, 6) is -0.918. The van der Waals surface area contributed by atoms with Crippen LogP contribution in [0.1, 0.15) is 29.8 Å². The van der Waals surface area contributed by atoms with Gasteiger partial charge in [0.25, 0.3) is 5.91 Å². The molecule has 33 heavy (non-hydrogen) atoms. The zero-order valence-electron chi connectivity index (χ0n) is 18.7. The Morgan fingerprint density at radius 3 is 2.45 bits per heavy atom. The molecule has 168 valence electrons. The Morgan fingerprint density at radius 2 is 1.76 bits per heavy atom. The van der Waals surface area contributed by atoms with Crippen LogP contribution < -0.4 is 5.32 Å². The molecule has 2 heterocycles. The summed E-state index contributed by atoms with van der Waals surface area (Å²) in [4.78, 5) is 30.3. The average molecular weight is 443 g/mol. The molecule has 0 aliphatic rings. The van der Waals surface area contributed by atoms with Gasteiger partial charge in [0.05, 0.1) is 22.8 Å². The van der Waals surface area contributed by atoms with Gasteiger partial charge in [-0.1, -0.05) is 60.7 Å². The van der Waals surface area contributed by atoms with Crippen LogP contribution in [0.4, 0.5) is 0 Å². The van der Waals surface area contributed by atoms with Crippen LogP contribution in [0.5, 0.6) is 0 Å². The van der Waals surface area contributed by atoms with Crippen molar-refractivity contribution in [2.75, 3.05) is 6.54 Å². The number of esters is 1. The van der Waals surface area contributed by atoms with Gasteiger partial charge in [0.1, 0.15) is 0 Å². The molecular weight excluding hydrogens is 416 g/mol. The molecule has 0 saturated heterocycles. The van der Waals surface area contributed by atoms with E-state index in [-0.39, 0.29) is 5.91 Å². The molecule has 2 aromatic heterocycles. The second kappa shape index (κ2) is 10.1. The van der Waals surface area contributed by atoms with Crippen LogP contribution in [0.25, 0.3) is 22.3 Å². The van der Waals surface area contributed by atoms with Gasteiger partial charge in [0.15, 0.2) is 11.8 Å². The van der Waals surface area contributed by atoms with Crippen LogP contribution in [-0.4, -0.2) is 39.3 Å². The number of hydrogen-bond acceptors (Lipinski definition) is 5. The Kier molecular flexibility index (Phi) is 6.78. The van der Waals surface area contributed by atoms with Gasteiger partial charge in [0, 0.05) is 18.7 Å². The Bertz CT molecular complexity index is 1250. The summed E-state index contributed by atoms with van der Waals surface area (Å²) in [5.41, 5.74) is 3.59. The largest absolute Gasteiger partial charge is 0.449 e. The SMILES string of the molecule is CCn1ncc2c(C(=O)OC(C)C(=O)NCCc3ccccc3)cc(-c3ccccc3)nc21. The third-order valence-corrected chi connectivity index (χ3v) is 5.41. The summed E-state index contributed by atoms with van der Waals surface area (Å²) in [6, 6.07) is 21.2. The third kappa shape index (κ3) is 5.09. The van der Waals surface area contributed by atoms with Gasteiger partial charge in [-0.3, -0.25) is 4.79 Å². The molecule has 0 aliphatic carbocycles. The van der Waals surface area contributed by atoms with E-state index in [9.17, 15) is 9.59 Å². The Morgan fingerprint density at radius 1 is 1.06 bits per heavy atom. The number of benzene rings is 2. The molecule has 0 radical (unpaired) electrons. The quantitative estimate of drug-likeness (QED) is 0.417. The van der Waals surface area contributed by atoms with Gasteiger partial charge in [-0.15, -0.1) is 0 Å². The summed E-state index contributed by atoms with van der Waals surface area (Å²) in [6.07, 6.45) is 1.38. The Balaban J connectivity index is 1.51. The molecule has 1 atom stereocenters. The molecule has 1 unspecified atom stereocenters. The average Bonchev–Trinajstić information content (AvgIpc) is 3.27. The van der Waals surface area contributed by atoms with Crippen molar-refractivity contribution in [2.24, 2.45) is 0 Å². The smallest absolute Gasteiger partial charge is 0.339 e. The summed E-state index contributed by atoms with van der Waals surface area (Å²) in [6.45, 7) is 4.61.